The zero-order valence-electron chi connectivity index (χ0n) is 12.6. The summed E-state index contributed by atoms with van der Waals surface area (Å²) in [6.07, 6.45) is 2.03. The molecule has 0 aliphatic rings. The molecule has 1 aromatic heterocycles. The van der Waals surface area contributed by atoms with Crippen molar-refractivity contribution in [3.63, 3.8) is 0 Å². The van der Waals surface area contributed by atoms with Gasteiger partial charge in [-0.05, 0) is 43.9 Å². The predicted molar refractivity (Wildman–Crippen MR) is 95.3 cm³/mol. The van der Waals surface area contributed by atoms with Crippen molar-refractivity contribution in [2.45, 2.75) is 18.7 Å². The molecular formula is C17H16N2OS2. The highest BCUT2D eigenvalue weighted by atomic mass is 32.2. The number of thiazole rings is 1. The van der Waals surface area contributed by atoms with Gasteiger partial charge in [-0.1, -0.05) is 35.1 Å². The maximum absolute atomic E-state index is 12.4. The normalized spacial score (nSPS) is 10.9. The van der Waals surface area contributed by atoms with Crippen LogP contribution in [0.5, 0.6) is 0 Å². The minimum Gasteiger partial charge on any atom is -0.298 e. The number of amides is 1. The topological polar surface area (TPSA) is 42.0 Å². The van der Waals surface area contributed by atoms with Gasteiger partial charge in [0.2, 0.25) is 0 Å². The van der Waals surface area contributed by atoms with Gasteiger partial charge in [-0.3, -0.25) is 10.1 Å². The van der Waals surface area contributed by atoms with E-state index in [1.54, 1.807) is 11.8 Å². The van der Waals surface area contributed by atoms with Crippen LogP contribution in [0.2, 0.25) is 0 Å². The lowest BCUT2D eigenvalue weighted by molar-refractivity contribution is 0.102. The first-order valence-corrected chi connectivity index (χ1v) is 8.95. The van der Waals surface area contributed by atoms with E-state index in [-0.39, 0.29) is 5.91 Å². The number of carbonyl (C=O) groups is 1. The molecule has 0 aliphatic heterocycles. The van der Waals surface area contributed by atoms with Crippen LogP contribution >= 0.6 is 23.1 Å². The van der Waals surface area contributed by atoms with Crippen molar-refractivity contribution in [3.8, 4) is 0 Å². The molecule has 1 N–H and O–H groups in total. The number of nitrogens with one attached hydrogen (secondary N) is 1. The van der Waals surface area contributed by atoms with Crippen LogP contribution in [0.4, 0.5) is 5.13 Å². The van der Waals surface area contributed by atoms with Gasteiger partial charge in [0.15, 0.2) is 5.13 Å². The molecule has 22 heavy (non-hydrogen) atoms. The van der Waals surface area contributed by atoms with Crippen molar-refractivity contribution in [3.05, 3.63) is 53.1 Å². The predicted octanol–water partition coefficient (Wildman–Crippen LogP) is 4.89. The van der Waals surface area contributed by atoms with Gasteiger partial charge >= 0.3 is 0 Å². The number of nitrogens with zero attached hydrogens (tertiary/aromatic N) is 1. The zero-order chi connectivity index (χ0) is 15.7. The van der Waals surface area contributed by atoms with Gasteiger partial charge in [-0.15, -0.1) is 11.8 Å². The standard InChI is InChI=1S/C17H16N2OS2/c1-10-7-8-12(11(2)9-10)16(20)19-17-18-15-13(21-3)5-4-6-14(15)22-17/h4-9H,1-3H3,(H,18,19,20). The number of hydrogen-bond donors (Lipinski definition) is 1. The van der Waals surface area contributed by atoms with E-state index < -0.39 is 0 Å². The fraction of sp³-hybridized carbons (Fsp3) is 0.176. The summed E-state index contributed by atoms with van der Waals surface area (Å²) in [4.78, 5) is 18.1. The van der Waals surface area contributed by atoms with Crippen LogP contribution in [0, 0.1) is 13.8 Å². The number of rotatable bonds is 3. The minimum absolute atomic E-state index is 0.109. The summed E-state index contributed by atoms with van der Waals surface area (Å²) in [5.74, 6) is -0.109. The molecule has 3 aromatic rings. The van der Waals surface area contributed by atoms with Gasteiger partial charge in [-0.2, -0.15) is 0 Å². The van der Waals surface area contributed by atoms with Gasteiger partial charge in [0.05, 0.1) is 10.2 Å². The molecule has 0 spiro atoms. The molecule has 112 valence electrons. The summed E-state index contributed by atoms with van der Waals surface area (Å²) < 4.78 is 1.09. The molecule has 0 fully saturated rings. The molecule has 0 radical (unpaired) electrons. The summed E-state index contributed by atoms with van der Waals surface area (Å²) in [6, 6.07) is 11.9. The Balaban J connectivity index is 1.91. The van der Waals surface area contributed by atoms with Crippen molar-refractivity contribution in [1.29, 1.82) is 0 Å². The van der Waals surface area contributed by atoms with E-state index in [0.717, 1.165) is 26.2 Å². The van der Waals surface area contributed by atoms with E-state index in [0.29, 0.717) is 10.7 Å². The molecule has 0 saturated heterocycles. The molecule has 2 aromatic carbocycles. The first-order chi connectivity index (χ1) is 10.6. The minimum atomic E-state index is -0.109. The number of thioether (sulfide) groups is 1. The van der Waals surface area contributed by atoms with Crippen LogP contribution < -0.4 is 5.32 Å². The number of aryl methyl sites for hydroxylation is 2. The average Bonchev–Trinajstić information content (AvgIpc) is 2.89. The van der Waals surface area contributed by atoms with Crippen molar-refractivity contribution in [2.24, 2.45) is 0 Å². The Hall–Kier alpha value is -1.85. The molecule has 3 nitrogen and oxygen atoms in total. The van der Waals surface area contributed by atoms with E-state index in [9.17, 15) is 4.79 Å². The average molecular weight is 328 g/mol. The summed E-state index contributed by atoms with van der Waals surface area (Å²) >= 11 is 3.16. The lowest BCUT2D eigenvalue weighted by atomic mass is 10.1. The molecule has 0 atom stereocenters. The van der Waals surface area contributed by atoms with Gasteiger partial charge in [0.1, 0.15) is 0 Å². The number of carbonyl (C=O) groups excluding carboxylic acids is 1. The third-order valence-corrected chi connectivity index (χ3v) is 5.15. The maximum Gasteiger partial charge on any atom is 0.257 e. The fourth-order valence-corrected chi connectivity index (χ4v) is 3.89. The van der Waals surface area contributed by atoms with Crippen LogP contribution in [-0.4, -0.2) is 17.1 Å². The second-order valence-corrected chi connectivity index (χ2v) is 6.98. The lowest BCUT2D eigenvalue weighted by Crippen LogP contribution is -2.13. The number of aromatic nitrogens is 1. The Bertz CT molecular complexity index is 855. The van der Waals surface area contributed by atoms with Crippen molar-refractivity contribution < 1.29 is 4.79 Å². The Morgan fingerprint density at radius 3 is 2.77 bits per heavy atom. The van der Waals surface area contributed by atoms with E-state index in [4.69, 9.17) is 0 Å². The lowest BCUT2D eigenvalue weighted by Gasteiger charge is -2.06. The second-order valence-electron chi connectivity index (χ2n) is 5.10. The number of benzene rings is 2. The quantitative estimate of drug-likeness (QED) is 0.696. The third-order valence-electron chi connectivity index (χ3n) is 3.45. The fourth-order valence-electron chi connectivity index (χ4n) is 2.37. The number of hydrogen-bond acceptors (Lipinski definition) is 4. The van der Waals surface area contributed by atoms with Crippen molar-refractivity contribution in [1.82, 2.24) is 4.98 Å². The van der Waals surface area contributed by atoms with Crippen LogP contribution in [-0.2, 0) is 0 Å². The van der Waals surface area contributed by atoms with Crippen LogP contribution in [0.3, 0.4) is 0 Å². The molecule has 0 aliphatic carbocycles. The zero-order valence-corrected chi connectivity index (χ0v) is 14.3. The number of fused-ring (bicyclic) bond motifs is 1. The van der Waals surface area contributed by atoms with Gasteiger partial charge in [0.25, 0.3) is 5.91 Å². The highest BCUT2D eigenvalue weighted by Crippen LogP contribution is 2.32. The molecular weight excluding hydrogens is 312 g/mol. The van der Waals surface area contributed by atoms with Crippen LogP contribution in [0.1, 0.15) is 21.5 Å². The third kappa shape index (κ3) is 2.87. The largest absolute Gasteiger partial charge is 0.298 e. The second kappa shape index (κ2) is 6.10. The summed E-state index contributed by atoms with van der Waals surface area (Å²) in [6.45, 7) is 3.97. The molecule has 1 heterocycles. The monoisotopic (exact) mass is 328 g/mol. The summed E-state index contributed by atoms with van der Waals surface area (Å²) in [7, 11) is 0. The van der Waals surface area contributed by atoms with E-state index in [1.807, 2.05) is 56.5 Å². The summed E-state index contributed by atoms with van der Waals surface area (Å²) in [5.41, 5.74) is 3.77. The molecule has 3 rings (SSSR count). The first kappa shape index (κ1) is 15.1. The molecule has 0 saturated carbocycles. The van der Waals surface area contributed by atoms with Crippen LogP contribution in [0.15, 0.2) is 41.3 Å². The Morgan fingerprint density at radius 2 is 2.05 bits per heavy atom. The number of anilines is 1. The van der Waals surface area contributed by atoms with Crippen molar-refractivity contribution in [2.75, 3.05) is 11.6 Å². The molecule has 1 amide bonds. The maximum atomic E-state index is 12.4. The SMILES string of the molecule is CSc1cccc2sc(NC(=O)c3ccc(C)cc3C)nc12. The Morgan fingerprint density at radius 1 is 1.23 bits per heavy atom. The summed E-state index contributed by atoms with van der Waals surface area (Å²) in [5, 5.41) is 3.56. The van der Waals surface area contributed by atoms with E-state index in [2.05, 4.69) is 10.3 Å². The smallest absolute Gasteiger partial charge is 0.257 e. The Labute approximate surface area is 137 Å². The molecule has 0 bridgehead atoms. The van der Waals surface area contributed by atoms with Crippen LogP contribution in [0.25, 0.3) is 10.2 Å². The molecule has 5 heteroatoms. The van der Waals surface area contributed by atoms with E-state index >= 15 is 0 Å². The highest BCUT2D eigenvalue weighted by molar-refractivity contribution is 7.98. The van der Waals surface area contributed by atoms with E-state index in [1.165, 1.54) is 11.3 Å². The first-order valence-electron chi connectivity index (χ1n) is 6.90. The highest BCUT2D eigenvalue weighted by Gasteiger charge is 2.13. The molecule has 0 unspecified atom stereocenters. The van der Waals surface area contributed by atoms with Gasteiger partial charge in [-0.25, -0.2) is 4.98 Å². The van der Waals surface area contributed by atoms with Crippen molar-refractivity contribution >= 4 is 44.4 Å². The Kier molecular flexibility index (Phi) is 4.18. The van der Waals surface area contributed by atoms with Gasteiger partial charge in [0, 0.05) is 10.5 Å². The van der Waals surface area contributed by atoms with Gasteiger partial charge < -0.3 is 0 Å². The number of para-hydroxylation sites is 1.